The normalized spacial score (nSPS) is 16.4. The highest BCUT2D eigenvalue weighted by Crippen LogP contribution is 2.31. The van der Waals surface area contributed by atoms with Crippen LogP contribution in [0.3, 0.4) is 0 Å². The Morgan fingerprint density at radius 2 is 1.58 bits per heavy atom. The molecule has 3 aromatic rings. The number of ether oxygens (including phenoxy) is 1. The Balaban J connectivity index is 1.30. The molecule has 0 unspecified atom stereocenters. The van der Waals surface area contributed by atoms with E-state index in [-0.39, 0.29) is 17.1 Å². The van der Waals surface area contributed by atoms with Crippen LogP contribution >= 0.6 is 0 Å². The lowest BCUT2D eigenvalue weighted by Gasteiger charge is -2.28. The smallest absolute Gasteiger partial charge is 0.271 e. The van der Waals surface area contributed by atoms with Gasteiger partial charge in [0.1, 0.15) is 18.1 Å². The lowest BCUT2D eigenvalue weighted by atomic mass is 9.76. The van der Waals surface area contributed by atoms with Crippen molar-refractivity contribution in [3.63, 3.8) is 0 Å². The first-order valence-electron chi connectivity index (χ1n) is 11.1. The van der Waals surface area contributed by atoms with Crippen LogP contribution in [0.4, 0.5) is 0 Å². The van der Waals surface area contributed by atoms with E-state index in [0.29, 0.717) is 31.4 Å². The minimum absolute atomic E-state index is 0.109. The Labute approximate surface area is 194 Å². The van der Waals surface area contributed by atoms with Gasteiger partial charge in [0.2, 0.25) is 0 Å². The first-order chi connectivity index (χ1) is 15.9. The zero-order valence-electron chi connectivity index (χ0n) is 19.0. The predicted octanol–water partition coefficient (Wildman–Crippen LogP) is 5.80. The van der Waals surface area contributed by atoms with Crippen LogP contribution in [0.2, 0.25) is 0 Å². The van der Waals surface area contributed by atoms with Crippen LogP contribution < -0.4 is 10.2 Å². The van der Waals surface area contributed by atoms with Crippen LogP contribution in [0.1, 0.15) is 49.0 Å². The lowest BCUT2D eigenvalue weighted by Crippen LogP contribution is -2.31. The molecule has 0 bridgehead atoms. The van der Waals surface area contributed by atoms with Crippen LogP contribution in [0.25, 0.3) is 11.1 Å². The number of hydrogen-bond acceptors (Lipinski definition) is 4. The van der Waals surface area contributed by atoms with Gasteiger partial charge in [-0.25, -0.2) is 5.43 Å². The molecule has 1 N–H and O–H groups in total. The highest BCUT2D eigenvalue weighted by molar-refractivity contribution is 6.05. The first-order valence-corrected chi connectivity index (χ1v) is 11.1. The molecule has 5 nitrogen and oxygen atoms in total. The van der Waals surface area contributed by atoms with E-state index < -0.39 is 0 Å². The Kier molecular flexibility index (Phi) is 6.68. The van der Waals surface area contributed by atoms with Gasteiger partial charge < -0.3 is 4.74 Å². The third kappa shape index (κ3) is 6.16. The summed E-state index contributed by atoms with van der Waals surface area (Å²) in [5.41, 5.74) is 6.99. The predicted molar refractivity (Wildman–Crippen MR) is 130 cm³/mol. The van der Waals surface area contributed by atoms with Gasteiger partial charge in [0.05, 0.1) is 0 Å². The van der Waals surface area contributed by atoms with Crippen molar-refractivity contribution < 1.29 is 14.3 Å². The average Bonchev–Trinajstić information content (AvgIpc) is 2.81. The van der Waals surface area contributed by atoms with E-state index in [4.69, 9.17) is 4.74 Å². The number of carbonyl (C=O) groups is 2. The number of nitrogens with zero attached hydrogens (tertiary/aromatic N) is 1. The van der Waals surface area contributed by atoms with Gasteiger partial charge in [0, 0.05) is 24.1 Å². The number of benzene rings is 3. The molecule has 0 saturated heterocycles. The zero-order chi connectivity index (χ0) is 23.3. The van der Waals surface area contributed by atoms with Crippen LogP contribution in [-0.2, 0) is 11.4 Å². The SMILES string of the molecule is CC1(C)CC(=O)C/C(=N\NC(=O)c2ccc(COc3ccc(-c4ccccc4)cc3)cc2)C1. The Morgan fingerprint density at radius 1 is 0.909 bits per heavy atom. The second-order valence-corrected chi connectivity index (χ2v) is 9.23. The summed E-state index contributed by atoms with van der Waals surface area (Å²) in [6, 6.07) is 25.4. The number of amides is 1. The fourth-order valence-corrected chi connectivity index (χ4v) is 4.07. The molecule has 0 aliphatic heterocycles. The molecule has 1 aliphatic rings. The van der Waals surface area contributed by atoms with E-state index in [1.54, 1.807) is 12.1 Å². The summed E-state index contributed by atoms with van der Waals surface area (Å²) in [6.45, 7) is 4.49. The Hall–Kier alpha value is -3.73. The van der Waals surface area contributed by atoms with E-state index in [9.17, 15) is 9.59 Å². The zero-order valence-corrected chi connectivity index (χ0v) is 19.0. The molecule has 1 amide bonds. The number of ketones is 1. The molecule has 1 aliphatic carbocycles. The van der Waals surface area contributed by atoms with Crippen LogP contribution in [0.5, 0.6) is 5.75 Å². The van der Waals surface area contributed by atoms with Gasteiger partial charge in [-0.1, -0.05) is 68.4 Å². The molecule has 0 spiro atoms. The summed E-state index contributed by atoms with van der Waals surface area (Å²) in [5, 5.41) is 4.20. The summed E-state index contributed by atoms with van der Waals surface area (Å²) >= 11 is 0. The first kappa shape index (κ1) is 22.5. The van der Waals surface area contributed by atoms with Gasteiger partial charge in [-0.15, -0.1) is 0 Å². The van der Waals surface area contributed by atoms with Gasteiger partial charge >= 0.3 is 0 Å². The maximum absolute atomic E-state index is 12.4. The summed E-state index contributed by atoms with van der Waals surface area (Å²) in [6.07, 6.45) is 1.58. The van der Waals surface area contributed by atoms with E-state index >= 15 is 0 Å². The third-order valence-corrected chi connectivity index (χ3v) is 5.66. The maximum atomic E-state index is 12.4. The van der Waals surface area contributed by atoms with Gasteiger partial charge in [0.15, 0.2) is 0 Å². The molecule has 0 heterocycles. The standard InChI is InChI=1S/C28H28N2O3/c1-28(2)17-24(16-25(31)18-28)29-30-27(32)23-10-8-20(9-11-23)19-33-26-14-12-22(13-15-26)21-6-4-3-5-7-21/h3-15H,16-19H2,1-2H3,(H,30,32)/b29-24+. The van der Waals surface area contributed by atoms with Gasteiger partial charge in [-0.05, 0) is 52.8 Å². The number of Topliss-reactive ketones (excluding diaryl/α,β-unsaturated/α-hetero) is 1. The highest BCUT2D eigenvalue weighted by atomic mass is 16.5. The van der Waals surface area contributed by atoms with Gasteiger partial charge in [-0.2, -0.15) is 5.10 Å². The monoisotopic (exact) mass is 440 g/mol. The fraction of sp³-hybridized carbons (Fsp3) is 0.250. The highest BCUT2D eigenvalue weighted by Gasteiger charge is 2.30. The number of hydrogen-bond donors (Lipinski definition) is 1. The largest absolute Gasteiger partial charge is 0.489 e. The molecule has 33 heavy (non-hydrogen) atoms. The van der Waals surface area contributed by atoms with Crippen molar-refractivity contribution in [2.24, 2.45) is 10.5 Å². The summed E-state index contributed by atoms with van der Waals surface area (Å²) in [5.74, 6) is 0.665. The molecule has 0 radical (unpaired) electrons. The summed E-state index contributed by atoms with van der Waals surface area (Å²) in [4.78, 5) is 24.3. The van der Waals surface area contributed by atoms with Crippen molar-refractivity contribution in [3.05, 3.63) is 90.0 Å². The van der Waals surface area contributed by atoms with Crippen molar-refractivity contribution in [1.29, 1.82) is 0 Å². The van der Waals surface area contributed by atoms with E-state index in [1.807, 2.05) is 68.4 Å². The Bertz CT molecular complexity index is 1150. The molecule has 0 aromatic heterocycles. The fourth-order valence-electron chi connectivity index (χ4n) is 4.07. The quantitative estimate of drug-likeness (QED) is 0.493. The lowest BCUT2D eigenvalue weighted by molar-refractivity contribution is -0.120. The second kappa shape index (κ2) is 9.82. The van der Waals surface area contributed by atoms with Gasteiger partial charge in [0.25, 0.3) is 5.91 Å². The molecular formula is C28H28N2O3. The molecule has 4 rings (SSSR count). The number of rotatable bonds is 6. The van der Waals surface area contributed by atoms with Crippen molar-refractivity contribution >= 4 is 17.4 Å². The molecular weight excluding hydrogens is 412 g/mol. The van der Waals surface area contributed by atoms with E-state index in [2.05, 4.69) is 22.7 Å². The molecule has 0 atom stereocenters. The Morgan fingerprint density at radius 3 is 2.24 bits per heavy atom. The molecule has 168 valence electrons. The number of nitrogens with one attached hydrogen (secondary N) is 1. The molecule has 1 saturated carbocycles. The minimum Gasteiger partial charge on any atom is -0.489 e. The van der Waals surface area contributed by atoms with Crippen molar-refractivity contribution in [3.8, 4) is 16.9 Å². The number of hydrazone groups is 1. The minimum atomic E-state index is -0.290. The maximum Gasteiger partial charge on any atom is 0.271 e. The molecule has 5 heteroatoms. The van der Waals surface area contributed by atoms with Crippen molar-refractivity contribution in [1.82, 2.24) is 5.43 Å². The van der Waals surface area contributed by atoms with E-state index in [0.717, 1.165) is 22.6 Å². The van der Waals surface area contributed by atoms with Crippen LogP contribution in [0, 0.1) is 5.41 Å². The summed E-state index contributed by atoms with van der Waals surface area (Å²) in [7, 11) is 0. The second-order valence-electron chi connectivity index (χ2n) is 9.23. The molecule has 3 aromatic carbocycles. The third-order valence-electron chi connectivity index (χ3n) is 5.66. The van der Waals surface area contributed by atoms with Gasteiger partial charge in [-0.3, -0.25) is 9.59 Å². The van der Waals surface area contributed by atoms with Crippen molar-refractivity contribution in [2.75, 3.05) is 0 Å². The topological polar surface area (TPSA) is 67.8 Å². The summed E-state index contributed by atoms with van der Waals surface area (Å²) < 4.78 is 5.89. The number of carbonyl (C=O) groups excluding carboxylic acids is 2. The van der Waals surface area contributed by atoms with E-state index in [1.165, 1.54) is 5.56 Å². The van der Waals surface area contributed by atoms with Crippen LogP contribution in [0.15, 0.2) is 84.0 Å². The molecule has 1 fully saturated rings. The van der Waals surface area contributed by atoms with Crippen molar-refractivity contribution in [2.45, 2.75) is 39.7 Å². The average molecular weight is 441 g/mol. The van der Waals surface area contributed by atoms with Crippen LogP contribution in [-0.4, -0.2) is 17.4 Å².